The largest absolute Gasteiger partial charge is 0.371 e. The number of aryl methyl sites for hydroxylation is 2. The van der Waals surface area contributed by atoms with E-state index in [0.717, 1.165) is 44.6 Å². The minimum atomic E-state index is 0.0552. The molecule has 0 radical (unpaired) electrons. The van der Waals surface area contributed by atoms with Crippen LogP contribution >= 0.6 is 0 Å². The first-order chi connectivity index (χ1) is 12.6. The van der Waals surface area contributed by atoms with Gasteiger partial charge in [0.15, 0.2) is 0 Å². The Morgan fingerprint density at radius 1 is 0.962 bits per heavy atom. The molecule has 0 unspecified atom stereocenters. The highest BCUT2D eigenvalue weighted by atomic mass is 16.2. The van der Waals surface area contributed by atoms with Crippen molar-refractivity contribution >= 4 is 17.4 Å². The fraction of sp³-hybridized carbons (Fsp3) is 0.409. The van der Waals surface area contributed by atoms with Crippen molar-refractivity contribution in [3.8, 4) is 0 Å². The Bertz CT molecular complexity index is 809. The molecular weight excluding hydrogens is 322 g/mol. The number of hydrogen-bond acceptors (Lipinski definition) is 2. The Morgan fingerprint density at radius 2 is 1.73 bits per heavy atom. The fourth-order valence-electron chi connectivity index (χ4n) is 4.10. The summed E-state index contributed by atoms with van der Waals surface area (Å²) in [5, 5.41) is 3.10. The molecule has 1 N–H and O–H groups in total. The summed E-state index contributed by atoms with van der Waals surface area (Å²) in [6, 6.07) is 15.2. The summed E-state index contributed by atoms with van der Waals surface area (Å²) in [4.78, 5) is 17.2. The van der Waals surface area contributed by atoms with Gasteiger partial charge in [-0.1, -0.05) is 24.3 Å². The van der Waals surface area contributed by atoms with Gasteiger partial charge >= 0.3 is 6.03 Å². The van der Waals surface area contributed by atoms with Crippen LogP contribution in [0.5, 0.6) is 0 Å². The molecule has 2 heterocycles. The number of nitrogens with one attached hydrogen (secondary N) is 1. The Hall–Kier alpha value is -2.49. The maximum absolute atomic E-state index is 12.7. The second-order valence-electron chi connectivity index (χ2n) is 7.52. The molecule has 26 heavy (non-hydrogen) atoms. The second-order valence-corrected chi connectivity index (χ2v) is 7.52. The molecule has 4 rings (SSSR count). The predicted molar refractivity (Wildman–Crippen MR) is 107 cm³/mol. The first-order valence-corrected chi connectivity index (χ1v) is 9.59. The maximum atomic E-state index is 12.7. The van der Waals surface area contributed by atoms with Gasteiger partial charge in [-0.2, -0.15) is 0 Å². The lowest BCUT2D eigenvalue weighted by Gasteiger charge is -2.39. The third-order valence-electron chi connectivity index (χ3n) is 5.90. The predicted octanol–water partition coefficient (Wildman–Crippen LogP) is 4.36. The Kier molecular flexibility index (Phi) is 4.58. The molecule has 0 spiro atoms. The van der Waals surface area contributed by atoms with E-state index < -0.39 is 0 Å². The van der Waals surface area contributed by atoms with E-state index in [9.17, 15) is 4.79 Å². The average molecular weight is 349 g/mol. The number of fused-ring (bicyclic) bond motifs is 1. The molecule has 2 aliphatic heterocycles. The molecule has 4 nitrogen and oxygen atoms in total. The van der Waals surface area contributed by atoms with Gasteiger partial charge in [-0.05, 0) is 68.0 Å². The lowest BCUT2D eigenvalue weighted by molar-refractivity contribution is 0.177. The van der Waals surface area contributed by atoms with Crippen LogP contribution in [-0.2, 0) is 6.42 Å². The van der Waals surface area contributed by atoms with Crippen LogP contribution in [0.3, 0.4) is 0 Å². The summed E-state index contributed by atoms with van der Waals surface area (Å²) in [6.45, 7) is 7.14. The van der Waals surface area contributed by atoms with Crippen LogP contribution in [0, 0.1) is 13.8 Å². The number of rotatable bonds is 2. The molecule has 2 aliphatic rings. The van der Waals surface area contributed by atoms with Crippen molar-refractivity contribution in [3.05, 3.63) is 59.2 Å². The van der Waals surface area contributed by atoms with Crippen LogP contribution in [0.2, 0.25) is 0 Å². The highest BCUT2D eigenvalue weighted by Gasteiger charge is 2.30. The summed E-state index contributed by atoms with van der Waals surface area (Å²) < 4.78 is 0. The van der Waals surface area contributed by atoms with Gasteiger partial charge in [-0.25, -0.2) is 4.79 Å². The zero-order valence-electron chi connectivity index (χ0n) is 15.7. The average Bonchev–Trinajstić information content (AvgIpc) is 2.82. The molecule has 4 heteroatoms. The van der Waals surface area contributed by atoms with Crippen molar-refractivity contribution in [2.24, 2.45) is 0 Å². The Balaban J connectivity index is 1.42. The smallest absolute Gasteiger partial charge is 0.322 e. The number of piperidine rings is 1. The number of anilines is 2. The second kappa shape index (κ2) is 7.02. The number of amides is 2. The van der Waals surface area contributed by atoms with Gasteiger partial charge < -0.3 is 15.1 Å². The van der Waals surface area contributed by atoms with Gasteiger partial charge in [0.2, 0.25) is 0 Å². The van der Waals surface area contributed by atoms with Crippen LogP contribution < -0.4 is 10.2 Å². The van der Waals surface area contributed by atoms with Gasteiger partial charge in [0.1, 0.15) is 0 Å². The topological polar surface area (TPSA) is 35.6 Å². The molecule has 0 atom stereocenters. The summed E-state index contributed by atoms with van der Waals surface area (Å²) in [5.74, 6) is 0. The number of para-hydroxylation sites is 1. The normalized spacial score (nSPS) is 18.3. The molecule has 2 amide bonds. The summed E-state index contributed by atoms with van der Waals surface area (Å²) in [6.07, 6.45) is 2.97. The molecule has 0 aliphatic carbocycles. The maximum Gasteiger partial charge on any atom is 0.322 e. The molecule has 1 fully saturated rings. The zero-order valence-corrected chi connectivity index (χ0v) is 15.7. The standard InChI is InChI=1S/C22H27N3O/c1-16-7-8-20(15-17(16)2)24-12-10-19(11-13-24)25-14-9-18-5-3-4-6-21(18)23-22(25)26/h3-8,15,19H,9-14H2,1-2H3,(H,23,26). The van der Waals surface area contributed by atoms with E-state index in [1.165, 1.54) is 22.4 Å². The van der Waals surface area contributed by atoms with E-state index >= 15 is 0 Å². The van der Waals surface area contributed by atoms with Crippen LogP contribution in [0.1, 0.15) is 29.5 Å². The first kappa shape index (κ1) is 17.0. The van der Waals surface area contributed by atoms with Crippen molar-refractivity contribution in [2.45, 2.75) is 39.2 Å². The Labute approximate surface area is 155 Å². The summed E-state index contributed by atoms with van der Waals surface area (Å²) in [5.41, 5.74) is 6.18. The van der Waals surface area contributed by atoms with E-state index in [4.69, 9.17) is 0 Å². The monoisotopic (exact) mass is 349 g/mol. The SMILES string of the molecule is Cc1ccc(N2CCC(N3CCc4ccccc4NC3=O)CC2)cc1C. The fourth-order valence-corrected chi connectivity index (χ4v) is 4.10. The van der Waals surface area contributed by atoms with Crippen LogP contribution in [0.15, 0.2) is 42.5 Å². The van der Waals surface area contributed by atoms with Crippen molar-refractivity contribution in [1.82, 2.24) is 4.90 Å². The summed E-state index contributed by atoms with van der Waals surface area (Å²) >= 11 is 0. The minimum absolute atomic E-state index is 0.0552. The van der Waals surface area contributed by atoms with Gasteiger partial charge in [-0.3, -0.25) is 0 Å². The van der Waals surface area contributed by atoms with Gasteiger partial charge in [0.25, 0.3) is 0 Å². The van der Waals surface area contributed by atoms with E-state index in [1.54, 1.807) is 0 Å². The third-order valence-corrected chi connectivity index (χ3v) is 5.90. The molecule has 0 saturated carbocycles. The number of hydrogen-bond donors (Lipinski definition) is 1. The Morgan fingerprint density at radius 3 is 2.50 bits per heavy atom. The van der Waals surface area contributed by atoms with E-state index in [0.29, 0.717) is 6.04 Å². The number of carbonyl (C=O) groups excluding carboxylic acids is 1. The zero-order chi connectivity index (χ0) is 18.1. The van der Waals surface area contributed by atoms with Gasteiger partial charge in [-0.15, -0.1) is 0 Å². The van der Waals surface area contributed by atoms with Crippen LogP contribution in [0.4, 0.5) is 16.2 Å². The van der Waals surface area contributed by atoms with Crippen molar-refractivity contribution < 1.29 is 4.79 Å². The molecular formula is C22H27N3O. The van der Waals surface area contributed by atoms with Crippen molar-refractivity contribution in [1.29, 1.82) is 0 Å². The van der Waals surface area contributed by atoms with Crippen molar-refractivity contribution in [2.75, 3.05) is 29.9 Å². The highest BCUT2D eigenvalue weighted by Crippen LogP contribution is 2.27. The van der Waals surface area contributed by atoms with E-state index in [-0.39, 0.29) is 6.03 Å². The van der Waals surface area contributed by atoms with E-state index in [1.807, 2.05) is 18.2 Å². The first-order valence-electron chi connectivity index (χ1n) is 9.59. The molecule has 0 aromatic heterocycles. The number of nitrogens with zero attached hydrogens (tertiary/aromatic N) is 2. The quantitative estimate of drug-likeness (QED) is 0.874. The lowest BCUT2D eigenvalue weighted by atomic mass is 10.0. The highest BCUT2D eigenvalue weighted by molar-refractivity contribution is 5.91. The molecule has 2 aromatic carbocycles. The van der Waals surface area contributed by atoms with Gasteiger partial charge in [0.05, 0.1) is 0 Å². The minimum Gasteiger partial charge on any atom is -0.371 e. The third kappa shape index (κ3) is 3.28. The van der Waals surface area contributed by atoms with Crippen LogP contribution in [0.25, 0.3) is 0 Å². The van der Waals surface area contributed by atoms with E-state index in [2.05, 4.69) is 53.2 Å². The number of carbonyl (C=O) groups is 1. The number of urea groups is 1. The summed E-state index contributed by atoms with van der Waals surface area (Å²) in [7, 11) is 0. The van der Waals surface area contributed by atoms with Crippen molar-refractivity contribution in [3.63, 3.8) is 0 Å². The molecule has 1 saturated heterocycles. The van der Waals surface area contributed by atoms with Gasteiger partial charge in [0, 0.05) is 37.1 Å². The number of benzene rings is 2. The van der Waals surface area contributed by atoms with Crippen LogP contribution in [-0.4, -0.2) is 36.6 Å². The molecule has 0 bridgehead atoms. The molecule has 2 aromatic rings. The lowest BCUT2D eigenvalue weighted by Crippen LogP contribution is -2.48. The molecule has 136 valence electrons.